The standard InChI is InChI=1S/C18H23N3O/c1-19(14-15-20-10-2-3-11-20)18(22)16-6-8-17(9-7-16)21-12-4-5-13-21/h4-9,12-13H,2-3,10-11,14-15H2,1H3. The SMILES string of the molecule is CN(CCN1CCCC1)C(=O)c1ccc(-n2cccc2)cc1. The molecule has 1 aliphatic rings. The van der Waals surface area contributed by atoms with Crippen LogP contribution in [0.1, 0.15) is 23.2 Å². The average molecular weight is 297 g/mol. The summed E-state index contributed by atoms with van der Waals surface area (Å²) in [5, 5.41) is 0. The van der Waals surface area contributed by atoms with Crippen LogP contribution in [0.25, 0.3) is 5.69 Å². The lowest BCUT2D eigenvalue weighted by Crippen LogP contribution is -2.35. The van der Waals surface area contributed by atoms with Gasteiger partial charge in [-0.1, -0.05) is 0 Å². The largest absolute Gasteiger partial charge is 0.340 e. The Morgan fingerprint density at radius 1 is 1.09 bits per heavy atom. The number of amides is 1. The summed E-state index contributed by atoms with van der Waals surface area (Å²) >= 11 is 0. The van der Waals surface area contributed by atoms with E-state index in [-0.39, 0.29) is 5.91 Å². The maximum Gasteiger partial charge on any atom is 0.253 e. The van der Waals surface area contributed by atoms with Crippen LogP contribution in [0.4, 0.5) is 0 Å². The Bertz CT molecular complexity index is 598. The number of carbonyl (C=O) groups excluding carboxylic acids is 1. The number of nitrogens with zero attached hydrogens (tertiary/aromatic N) is 3. The van der Waals surface area contributed by atoms with E-state index < -0.39 is 0 Å². The van der Waals surface area contributed by atoms with E-state index in [1.165, 1.54) is 25.9 Å². The van der Waals surface area contributed by atoms with E-state index in [4.69, 9.17) is 0 Å². The lowest BCUT2D eigenvalue weighted by molar-refractivity contribution is 0.0782. The monoisotopic (exact) mass is 297 g/mol. The Balaban J connectivity index is 1.59. The maximum absolute atomic E-state index is 12.4. The zero-order chi connectivity index (χ0) is 15.4. The minimum atomic E-state index is 0.0956. The van der Waals surface area contributed by atoms with Gasteiger partial charge in [0.15, 0.2) is 0 Å². The average Bonchev–Trinajstić information content (AvgIpc) is 3.25. The molecule has 3 rings (SSSR count). The summed E-state index contributed by atoms with van der Waals surface area (Å²) < 4.78 is 2.03. The van der Waals surface area contributed by atoms with Crippen LogP contribution in [0.5, 0.6) is 0 Å². The minimum absolute atomic E-state index is 0.0956. The molecule has 0 saturated carbocycles. The Morgan fingerprint density at radius 3 is 2.36 bits per heavy atom. The summed E-state index contributed by atoms with van der Waals surface area (Å²) in [7, 11) is 1.89. The van der Waals surface area contributed by atoms with Crippen LogP contribution >= 0.6 is 0 Å². The molecule has 0 unspecified atom stereocenters. The van der Waals surface area contributed by atoms with Crippen molar-refractivity contribution in [3.63, 3.8) is 0 Å². The van der Waals surface area contributed by atoms with E-state index in [9.17, 15) is 4.79 Å². The molecule has 0 atom stereocenters. The first-order chi connectivity index (χ1) is 10.7. The van der Waals surface area contributed by atoms with Crippen LogP contribution in [0.3, 0.4) is 0 Å². The highest BCUT2D eigenvalue weighted by molar-refractivity contribution is 5.94. The predicted octanol–water partition coefficient (Wildman–Crippen LogP) is 2.65. The third-order valence-corrected chi connectivity index (χ3v) is 4.31. The van der Waals surface area contributed by atoms with Gasteiger partial charge in [0.05, 0.1) is 0 Å². The summed E-state index contributed by atoms with van der Waals surface area (Å²) in [4.78, 5) is 16.7. The van der Waals surface area contributed by atoms with E-state index in [0.717, 1.165) is 24.3 Å². The van der Waals surface area contributed by atoms with Gasteiger partial charge >= 0.3 is 0 Å². The van der Waals surface area contributed by atoms with Gasteiger partial charge in [0, 0.05) is 43.8 Å². The molecule has 4 heteroatoms. The van der Waals surface area contributed by atoms with E-state index >= 15 is 0 Å². The number of likely N-dealkylation sites (tertiary alicyclic amines) is 1. The van der Waals surface area contributed by atoms with Crippen molar-refractivity contribution in [2.45, 2.75) is 12.8 Å². The first-order valence-electron chi connectivity index (χ1n) is 7.95. The van der Waals surface area contributed by atoms with E-state index in [2.05, 4.69) is 4.90 Å². The van der Waals surface area contributed by atoms with Gasteiger partial charge in [-0.3, -0.25) is 4.79 Å². The number of hydrogen-bond donors (Lipinski definition) is 0. The van der Waals surface area contributed by atoms with Crippen molar-refractivity contribution in [2.75, 3.05) is 33.2 Å². The topological polar surface area (TPSA) is 28.5 Å². The summed E-state index contributed by atoms with van der Waals surface area (Å²) in [5.41, 5.74) is 1.82. The molecule has 1 aliphatic heterocycles. The molecule has 1 fully saturated rings. The molecule has 0 N–H and O–H groups in total. The molecule has 0 aliphatic carbocycles. The second-order valence-corrected chi connectivity index (χ2v) is 5.91. The van der Waals surface area contributed by atoms with Crippen molar-refractivity contribution >= 4 is 5.91 Å². The lowest BCUT2D eigenvalue weighted by atomic mass is 10.2. The first-order valence-corrected chi connectivity index (χ1v) is 7.95. The highest BCUT2D eigenvalue weighted by Crippen LogP contribution is 2.12. The molecule has 0 spiro atoms. The highest BCUT2D eigenvalue weighted by Gasteiger charge is 2.15. The lowest BCUT2D eigenvalue weighted by Gasteiger charge is -2.21. The molecule has 1 saturated heterocycles. The summed E-state index contributed by atoms with van der Waals surface area (Å²) in [6, 6.07) is 11.8. The molecule has 1 aromatic heterocycles. The van der Waals surface area contributed by atoms with Gasteiger partial charge < -0.3 is 14.4 Å². The van der Waals surface area contributed by atoms with Crippen molar-refractivity contribution < 1.29 is 4.79 Å². The van der Waals surface area contributed by atoms with Crippen LogP contribution in [0, 0.1) is 0 Å². The molecular weight excluding hydrogens is 274 g/mol. The Morgan fingerprint density at radius 2 is 1.73 bits per heavy atom. The van der Waals surface area contributed by atoms with Crippen molar-refractivity contribution in [3.8, 4) is 5.69 Å². The van der Waals surface area contributed by atoms with Crippen LogP contribution in [0.15, 0.2) is 48.8 Å². The zero-order valence-corrected chi connectivity index (χ0v) is 13.1. The molecule has 2 aromatic rings. The van der Waals surface area contributed by atoms with E-state index in [0.29, 0.717) is 0 Å². The number of benzene rings is 1. The van der Waals surface area contributed by atoms with Crippen molar-refractivity contribution in [1.29, 1.82) is 0 Å². The smallest absolute Gasteiger partial charge is 0.253 e. The Labute approximate surface area is 132 Å². The number of aromatic nitrogens is 1. The molecule has 1 aromatic carbocycles. The fourth-order valence-electron chi connectivity index (χ4n) is 2.90. The van der Waals surface area contributed by atoms with Gasteiger partial charge in [0.2, 0.25) is 0 Å². The zero-order valence-electron chi connectivity index (χ0n) is 13.1. The number of likely N-dealkylation sites (N-methyl/N-ethyl adjacent to an activating group) is 1. The third-order valence-electron chi connectivity index (χ3n) is 4.31. The van der Waals surface area contributed by atoms with Crippen LogP contribution < -0.4 is 0 Å². The fraction of sp³-hybridized carbons (Fsp3) is 0.389. The fourth-order valence-corrected chi connectivity index (χ4v) is 2.90. The number of hydrogen-bond acceptors (Lipinski definition) is 2. The van der Waals surface area contributed by atoms with Gasteiger partial charge in [-0.15, -0.1) is 0 Å². The number of carbonyl (C=O) groups is 1. The Hall–Kier alpha value is -2.07. The van der Waals surface area contributed by atoms with Gasteiger partial charge in [0.1, 0.15) is 0 Å². The highest BCUT2D eigenvalue weighted by atomic mass is 16.2. The molecule has 4 nitrogen and oxygen atoms in total. The van der Waals surface area contributed by atoms with Gasteiger partial charge in [0.25, 0.3) is 5.91 Å². The first kappa shape index (κ1) is 14.9. The molecule has 22 heavy (non-hydrogen) atoms. The summed E-state index contributed by atoms with van der Waals surface area (Å²) in [6.07, 6.45) is 6.58. The van der Waals surface area contributed by atoms with Crippen LogP contribution in [-0.4, -0.2) is 53.5 Å². The molecule has 1 amide bonds. The third kappa shape index (κ3) is 3.39. The maximum atomic E-state index is 12.4. The van der Waals surface area contributed by atoms with Crippen molar-refractivity contribution in [2.24, 2.45) is 0 Å². The Kier molecular flexibility index (Phi) is 4.59. The second kappa shape index (κ2) is 6.79. The molecule has 0 bridgehead atoms. The minimum Gasteiger partial charge on any atom is -0.340 e. The molecule has 0 radical (unpaired) electrons. The second-order valence-electron chi connectivity index (χ2n) is 5.91. The van der Waals surface area contributed by atoms with E-state index in [1.54, 1.807) is 0 Å². The van der Waals surface area contributed by atoms with Gasteiger partial charge in [-0.2, -0.15) is 0 Å². The summed E-state index contributed by atoms with van der Waals surface area (Å²) in [5.74, 6) is 0.0956. The van der Waals surface area contributed by atoms with Gasteiger partial charge in [-0.05, 0) is 62.3 Å². The predicted molar refractivity (Wildman–Crippen MR) is 88.4 cm³/mol. The van der Waals surface area contributed by atoms with Crippen LogP contribution in [-0.2, 0) is 0 Å². The van der Waals surface area contributed by atoms with Gasteiger partial charge in [-0.25, -0.2) is 0 Å². The molecular formula is C18H23N3O. The molecule has 2 heterocycles. The summed E-state index contributed by atoms with van der Waals surface area (Å²) in [6.45, 7) is 4.11. The molecule has 116 valence electrons. The van der Waals surface area contributed by atoms with Crippen molar-refractivity contribution in [3.05, 3.63) is 54.4 Å². The normalized spacial score (nSPS) is 15.1. The van der Waals surface area contributed by atoms with E-state index in [1.807, 2.05) is 65.3 Å². The number of rotatable bonds is 5. The van der Waals surface area contributed by atoms with Crippen molar-refractivity contribution in [1.82, 2.24) is 14.4 Å². The van der Waals surface area contributed by atoms with Crippen LogP contribution in [0.2, 0.25) is 0 Å². The quantitative estimate of drug-likeness (QED) is 0.849.